The van der Waals surface area contributed by atoms with Crippen molar-refractivity contribution in [3.8, 4) is 17.1 Å². The highest BCUT2D eigenvalue weighted by molar-refractivity contribution is 7.89. The number of aromatic amines is 1. The maximum atomic E-state index is 13.7. The summed E-state index contributed by atoms with van der Waals surface area (Å²) in [6.45, 7) is 5.06. The van der Waals surface area contributed by atoms with Crippen LogP contribution < -0.4 is 10.3 Å². The molecule has 0 spiro atoms. The molecule has 0 amide bonds. The fourth-order valence-corrected chi connectivity index (χ4v) is 6.51. The lowest BCUT2D eigenvalue weighted by atomic mass is 9.92. The summed E-state index contributed by atoms with van der Waals surface area (Å²) in [4.78, 5) is 50.5. The van der Waals surface area contributed by atoms with Gasteiger partial charge in [-0.15, -0.1) is 25.3 Å². The molecule has 1 fully saturated rings. The number of fused-ring (bicyclic) bond motifs is 1. The van der Waals surface area contributed by atoms with Crippen LogP contribution in [0.4, 0.5) is 0 Å². The quantitative estimate of drug-likeness (QED) is 0.217. The van der Waals surface area contributed by atoms with Crippen molar-refractivity contribution in [1.29, 1.82) is 0 Å². The maximum Gasteiger partial charge on any atom is 0.294 e. The Morgan fingerprint density at radius 2 is 1.88 bits per heavy atom. The summed E-state index contributed by atoms with van der Waals surface area (Å²) >= 11 is 0. The Morgan fingerprint density at radius 1 is 1.17 bits per heavy atom. The van der Waals surface area contributed by atoms with E-state index in [9.17, 15) is 33.4 Å². The van der Waals surface area contributed by atoms with E-state index in [0.717, 1.165) is 6.42 Å². The number of nitrogens with zero attached hydrogens (tertiary/aromatic N) is 6. The molecule has 0 bridgehead atoms. The molecular weight excluding hydrogens is 578 g/mol. The van der Waals surface area contributed by atoms with Gasteiger partial charge in [-0.2, -0.15) is 4.31 Å². The summed E-state index contributed by atoms with van der Waals surface area (Å²) < 4.78 is 35.7. The van der Waals surface area contributed by atoms with Crippen LogP contribution in [0.1, 0.15) is 44.6 Å². The summed E-state index contributed by atoms with van der Waals surface area (Å²) in [5, 5.41) is 23.9. The number of imidazole rings is 1. The van der Waals surface area contributed by atoms with Crippen molar-refractivity contribution in [2.24, 2.45) is 5.92 Å². The number of nitrogens with one attached hydrogen (secondary N) is 1. The number of benzene rings is 1. The molecule has 42 heavy (non-hydrogen) atoms. The predicted octanol–water partition coefficient (Wildman–Crippen LogP) is 1.93. The minimum absolute atomic E-state index is 0.0126. The molecule has 0 aliphatic carbocycles. The Kier molecular flexibility index (Phi) is 9.25. The molecule has 1 saturated heterocycles. The molecule has 3 heterocycles. The molecule has 3 aromatic rings. The van der Waals surface area contributed by atoms with Crippen molar-refractivity contribution >= 4 is 15.5 Å². The second-order valence-corrected chi connectivity index (χ2v) is 11.6. The second kappa shape index (κ2) is 12.7. The molecule has 228 valence electrons. The smallest absolute Gasteiger partial charge is 0.294 e. The molecule has 4 rings (SSSR count). The Morgan fingerprint density at radius 3 is 2.50 bits per heavy atom. The fourth-order valence-electron chi connectivity index (χ4n) is 5.01. The van der Waals surface area contributed by atoms with Gasteiger partial charge < -0.3 is 19.4 Å². The minimum atomic E-state index is -4.06. The van der Waals surface area contributed by atoms with Gasteiger partial charge in [0.15, 0.2) is 11.3 Å². The summed E-state index contributed by atoms with van der Waals surface area (Å²) in [5.41, 5.74) is 0.656. The molecule has 1 aromatic carbocycles. The first-order valence-corrected chi connectivity index (χ1v) is 14.7. The van der Waals surface area contributed by atoms with E-state index in [1.807, 2.05) is 6.92 Å². The lowest BCUT2D eigenvalue weighted by molar-refractivity contribution is -0.791. The molecule has 1 N–H and O–H groups in total. The Hall–Kier alpha value is -4.32. The number of aromatic nitrogens is 4. The van der Waals surface area contributed by atoms with Crippen molar-refractivity contribution in [2.45, 2.75) is 57.5 Å². The van der Waals surface area contributed by atoms with Crippen LogP contribution in [0.15, 0.2) is 27.9 Å². The highest BCUT2D eigenvalue weighted by Crippen LogP contribution is 2.33. The number of H-pyrrole nitrogens is 1. The molecule has 1 atom stereocenters. The maximum absolute atomic E-state index is 13.7. The van der Waals surface area contributed by atoms with E-state index < -0.39 is 44.4 Å². The molecule has 17 nitrogen and oxygen atoms in total. The first-order chi connectivity index (χ1) is 20.0. The lowest BCUT2D eigenvalue weighted by Gasteiger charge is -2.34. The molecule has 2 aromatic heterocycles. The highest BCUT2D eigenvalue weighted by Gasteiger charge is 2.35. The Labute approximate surface area is 239 Å². The molecule has 0 saturated carbocycles. The highest BCUT2D eigenvalue weighted by atomic mass is 32.2. The molecular formula is C24H31N7O10S. The van der Waals surface area contributed by atoms with Gasteiger partial charge in [0.2, 0.25) is 10.0 Å². The third-order valence-corrected chi connectivity index (χ3v) is 8.84. The van der Waals surface area contributed by atoms with E-state index in [0.29, 0.717) is 29.2 Å². The van der Waals surface area contributed by atoms with Crippen LogP contribution in [0.3, 0.4) is 0 Å². The largest absolute Gasteiger partial charge is 0.493 e. The van der Waals surface area contributed by atoms with Crippen LogP contribution in [0.5, 0.6) is 5.75 Å². The van der Waals surface area contributed by atoms with E-state index in [2.05, 4.69) is 24.7 Å². The molecule has 1 aliphatic heterocycles. The summed E-state index contributed by atoms with van der Waals surface area (Å²) in [6, 6.07) is 4.26. The lowest BCUT2D eigenvalue weighted by Crippen LogP contribution is -2.43. The van der Waals surface area contributed by atoms with Gasteiger partial charge in [0.25, 0.3) is 15.7 Å². The Balaban J connectivity index is 1.65. The first-order valence-electron chi connectivity index (χ1n) is 13.3. The molecule has 18 heteroatoms. The van der Waals surface area contributed by atoms with Crippen LogP contribution in [-0.4, -0.2) is 74.9 Å². The van der Waals surface area contributed by atoms with E-state index in [1.54, 1.807) is 13.8 Å². The van der Waals surface area contributed by atoms with E-state index >= 15 is 0 Å². The van der Waals surface area contributed by atoms with Crippen molar-refractivity contribution in [1.82, 2.24) is 23.9 Å². The number of sulfonamides is 1. The van der Waals surface area contributed by atoms with Crippen molar-refractivity contribution in [2.75, 3.05) is 26.3 Å². The van der Waals surface area contributed by atoms with Crippen LogP contribution in [0, 0.1) is 33.1 Å². The van der Waals surface area contributed by atoms with Gasteiger partial charge in [-0.25, -0.2) is 17.9 Å². The van der Waals surface area contributed by atoms with Gasteiger partial charge in [0.1, 0.15) is 24.3 Å². The number of hydrogen-bond acceptors (Lipinski definition) is 12. The number of hydrogen-bond donors (Lipinski definition) is 1. The van der Waals surface area contributed by atoms with E-state index in [4.69, 9.17) is 4.74 Å². The van der Waals surface area contributed by atoms with Crippen molar-refractivity contribution in [3.05, 3.63) is 60.3 Å². The molecule has 0 radical (unpaired) electrons. The average Bonchev–Trinajstić information content (AvgIpc) is 3.26. The van der Waals surface area contributed by atoms with Crippen molar-refractivity contribution < 1.29 is 33.0 Å². The van der Waals surface area contributed by atoms with Gasteiger partial charge >= 0.3 is 0 Å². The van der Waals surface area contributed by atoms with Gasteiger partial charge in [-0.05, 0) is 57.2 Å². The van der Waals surface area contributed by atoms with Gasteiger partial charge in [-0.1, -0.05) is 6.92 Å². The summed E-state index contributed by atoms with van der Waals surface area (Å²) in [6.07, 6.45) is 0.426. The van der Waals surface area contributed by atoms with Crippen LogP contribution in [-0.2, 0) is 26.1 Å². The van der Waals surface area contributed by atoms with Gasteiger partial charge in [0, 0.05) is 19.5 Å². The van der Waals surface area contributed by atoms with Gasteiger partial charge in [0.05, 0.1) is 22.8 Å². The zero-order valence-electron chi connectivity index (χ0n) is 23.2. The SMILES string of the molecule is CCCc1nc(C)c2c(=O)[nH]c(-c3cc(S(=O)(=O)N4CCC([C@@H](CO[N+](=O)[O-])O[N+](=O)[O-])CC4)ccc3OCC)nn12. The van der Waals surface area contributed by atoms with Crippen LogP contribution >= 0.6 is 0 Å². The zero-order valence-corrected chi connectivity index (χ0v) is 24.0. The average molecular weight is 610 g/mol. The van der Waals surface area contributed by atoms with E-state index in [-0.39, 0.29) is 48.8 Å². The third-order valence-electron chi connectivity index (χ3n) is 6.95. The van der Waals surface area contributed by atoms with Crippen molar-refractivity contribution in [3.63, 3.8) is 0 Å². The standard InChI is InChI=1S/C24H31N7O10S/c1-4-6-21-25-15(3)22-24(32)26-23(27-29(21)22)18-13-17(7-8-19(18)39-5-2)42(37,38)28-11-9-16(10-12-28)20(41-31(35)36)14-40-30(33)34/h7-8,13,16,20H,4-6,9-12,14H2,1-3H3,(H,26,27,32)/t20-/m1/s1. The monoisotopic (exact) mass is 609 g/mol. The van der Waals surface area contributed by atoms with Crippen LogP contribution in [0.25, 0.3) is 16.9 Å². The number of aryl methyl sites for hydroxylation is 2. The predicted molar refractivity (Wildman–Crippen MR) is 145 cm³/mol. The number of rotatable bonds is 13. The second-order valence-electron chi connectivity index (χ2n) is 9.65. The molecule has 1 aliphatic rings. The topological polar surface area (TPSA) is 214 Å². The van der Waals surface area contributed by atoms with Crippen LogP contribution in [0.2, 0.25) is 0 Å². The normalized spacial score (nSPS) is 15.4. The summed E-state index contributed by atoms with van der Waals surface area (Å²) in [7, 11) is -4.06. The summed E-state index contributed by atoms with van der Waals surface area (Å²) in [5.74, 6) is 0.476. The molecule has 0 unspecified atom stereocenters. The number of piperidine rings is 1. The third kappa shape index (κ3) is 6.43. The first kappa shape index (κ1) is 30.6. The fraction of sp³-hybridized carbons (Fsp3) is 0.542. The minimum Gasteiger partial charge on any atom is -0.493 e. The van der Waals surface area contributed by atoms with E-state index in [1.165, 1.54) is 27.0 Å². The Bertz CT molecular complexity index is 1630. The zero-order chi connectivity index (χ0) is 30.6. The number of ether oxygens (including phenoxy) is 1. The van der Waals surface area contributed by atoms with Gasteiger partial charge in [-0.3, -0.25) is 4.79 Å².